The van der Waals surface area contributed by atoms with Gasteiger partial charge in [0.25, 0.3) is 0 Å². The number of hydrogen-bond acceptors (Lipinski definition) is 3. The van der Waals surface area contributed by atoms with Crippen LogP contribution in [-0.2, 0) is 12.8 Å². The highest BCUT2D eigenvalue weighted by atomic mass is 15.0. The Labute approximate surface area is 96.5 Å². The number of pyridine rings is 1. The van der Waals surface area contributed by atoms with Crippen molar-refractivity contribution >= 4 is 5.82 Å². The number of fused-ring (bicyclic) bond motifs is 1. The topological polar surface area (TPSA) is 48.7 Å². The lowest BCUT2D eigenvalue weighted by Gasteiger charge is -2.32. The Morgan fingerprint density at radius 3 is 2.81 bits per heavy atom. The normalized spacial score (nSPS) is 17.4. The van der Waals surface area contributed by atoms with E-state index in [1.165, 1.54) is 11.1 Å². The summed E-state index contributed by atoms with van der Waals surface area (Å²) in [5.74, 6) is 0.932. The average molecular weight is 215 g/mol. The van der Waals surface area contributed by atoms with Crippen molar-refractivity contribution in [3.63, 3.8) is 0 Å². The number of hydrogen-bond donors (Lipinski definition) is 1. The van der Waals surface area contributed by atoms with Gasteiger partial charge in [0.05, 0.1) is 5.56 Å². The van der Waals surface area contributed by atoms with Crippen LogP contribution in [-0.4, -0.2) is 12.0 Å². The first-order valence-corrected chi connectivity index (χ1v) is 5.66. The molecule has 0 saturated carbocycles. The number of anilines is 1. The molecule has 1 aromatic heterocycles. The molecule has 3 nitrogen and oxygen atoms in total. The van der Waals surface area contributed by atoms with Crippen molar-refractivity contribution in [1.82, 2.24) is 4.98 Å². The van der Waals surface area contributed by atoms with E-state index in [1.807, 2.05) is 7.05 Å². The zero-order valence-corrected chi connectivity index (χ0v) is 10.1. The number of nitriles is 1. The molecule has 2 rings (SSSR count). The highest BCUT2D eigenvalue weighted by Crippen LogP contribution is 2.38. The molecule has 1 aliphatic carbocycles. The maximum atomic E-state index is 9.08. The van der Waals surface area contributed by atoms with Gasteiger partial charge < -0.3 is 5.32 Å². The van der Waals surface area contributed by atoms with Crippen molar-refractivity contribution in [2.45, 2.75) is 33.1 Å². The van der Waals surface area contributed by atoms with Gasteiger partial charge in [0.15, 0.2) is 0 Å². The fourth-order valence-corrected chi connectivity index (χ4v) is 2.41. The second-order valence-corrected chi connectivity index (χ2v) is 5.18. The van der Waals surface area contributed by atoms with Gasteiger partial charge in [-0.15, -0.1) is 0 Å². The summed E-state index contributed by atoms with van der Waals surface area (Å²) >= 11 is 0. The van der Waals surface area contributed by atoms with E-state index in [9.17, 15) is 0 Å². The minimum Gasteiger partial charge on any atom is -0.373 e. The minimum atomic E-state index is 0.314. The highest BCUT2D eigenvalue weighted by Gasteiger charge is 2.28. The van der Waals surface area contributed by atoms with Gasteiger partial charge in [-0.05, 0) is 35.8 Å². The van der Waals surface area contributed by atoms with Gasteiger partial charge in [0.1, 0.15) is 11.9 Å². The first-order valence-electron chi connectivity index (χ1n) is 5.66. The quantitative estimate of drug-likeness (QED) is 0.783. The van der Waals surface area contributed by atoms with E-state index in [4.69, 9.17) is 5.26 Å². The molecule has 0 radical (unpaired) electrons. The third kappa shape index (κ3) is 1.76. The molecule has 0 aromatic carbocycles. The van der Waals surface area contributed by atoms with Crippen LogP contribution in [0, 0.1) is 16.7 Å². The summed E-state index contributed by atoms with van der Waals surface area (Å²) in [7, 11) is 1.89. The van der Waals surface area contributed by atoms with Crippen molar-refractivity contribution in [2.75, 3.05) is 12.4 Å². The Balaban J connectivity index is 2.56. The lowest BCUT2D eigenvalue weighted by molar-refractivity contribution is 0.315. The Bertz CT molecular complexity index is 455. The van der Waals surface area contributed by atoms with Gasteiger partial charge in [-0.2, -0.15) is 5.26 Å². The maximum Gasteiger partial charge on any atom is 0.129 e. The number of rotatable bonds is 1. The molecule has 0 amide bonds. The van der Waals surface area contributed by atoms with Crippen molar-refractivity contribution < 1.29 is 0 Å². The van der Waals surface area contributed by atoms with Gasteiger partial charge in [0.2, 0.25) is 0 Å². The molecule has 84 valence electrons. The van der Waals surface area contributed by atoms with Crippen LogP contribution in [0.15, 0.2) is 6.20 Å². The Hall–Kier alpha value is -1.56. The van der Waals surface area contributed by atoms with Crippen LogP contribution in [0.4, 0.5) is 5.82 Å². The molecule has 0 unspecified atom stereocenters. The smallest absolute Gasteiger partial charge is 0.129 e. The van der Waals surface area contributed by atoms with Crippen molar-refractivity contribution in [2.24, 2.45) is 5.41 Å². The monoisotopic (exact) mass is 215 g/mol. The molecular formula is C13H17N3. The van der Waals surface area contributed by atoms with Crippen LogP contribution in [0.3, 0.4) is 0 Å². The molecule has 0 aliphatic heterocycles. The molecule has 0 bridgehead atoms. The first-order chi connectivity index (χ1) is 7.57. The van der Waals surface area contributed by atoms with Gasteiger partial charge in [-0.25, -0.2) is 4.98 Å². The molecule has 16 heavy (non-hydrogen) atoms. The summed E-state index contributed by atoms with van der Waals surface area (Å²) in [6, 6.07) is 2.24. The Kier molecular flexibility index (Phi) is 2.59. The molecule has 1 aromatic rings. The van der Waals surface area contributed by atoms with Gasteiger partial charge in [-0.3, -0.25) is 0 Å². The molecule has 0 fully saturated rings. The van der Waals surface area contributed by atoms with Crippen LogP contribution >= 0.6 is 0 Å². The number of nitrogens with one attached hydrogen (secondary N) is 1. The SMILES string of the molecule is CNc1ncc(C#N)c2c1CC(C)(C)CC2. The van der Waals surface area contributed by atoms with Crippen molar-refractivity contribution in [3.8, 4) is 6.07 Å². The molecule has 3 heteroatoms. The fraction of sp³-hybridized carbons (Fsp3) is 0.538. The summed E-state index contributed by atoms with van der Waals surface area (Å²) in [5, 5.41) is 12.2. The standard InChI is InChI=1S/C13H17N3/c1-13(2)5-4-10-9(7-14)8-16-12(15-3)11(10)6-13/h8H,4-6H2,1-3H3,(H,15,16). The maximum absolute atomic E-state index is 9.08. The molecule has 0 spiro atoms. The van der Waals surface area contributed by atoms with E-state index in [2.05, 4.69) is 30.2 Å². The van der Waals surface area contributed by atoms with Crippen LogP contribution in [0.1, 0.15) is 37.0 Å². The van der Waals surface area contributed by atoms with Crippen molar-refractivity contribution in [3.05, 3.63) is 22.9 Å². The summed E-state index contributed by atoms with van der Waals surface area (Å²) in [5.41, 5.74) is 3.48. The lowest BCUT2D eigenvalue weighted by atomic mass is 9.73. The number of aromatic nitrogens is 1. The van der Waals surface area contributed by atoms with E-state index < -0.39 is 0 Å². The van der Waals surface area contributed by atoms with Crippen LogP contribution in [0.25, 0.3) is 0 Å². The largest absolute Gasteiger partial charge is 0.373 e. The molecular weight excluding hydrogens is 198 g/mol. The Morgan fingerprint density at radius 2 is 2.19 bits per heavy atom. The van der Waals surface area contributed by atoms with Crippen LogP contribution in [0.2, 0.25) is 0 Å². The van der Waals surface area contributed by atoms with Gasteiger partial charge in [-0.1, -0.05) is 13.8 Å². The zero-order chi connectivity index (χ0) is 11.8. The highest BCUT2D eigenvalue weighted by molar-refractivity contribution is 5.55. The van der Waals surface area contributed by atoms with E-state index in [0.29, 0.717) is 5.41 Å². The number of nitrogens with zero attached hydrogens (tertiary/aromatic N) is 2. The molecule has 1 N–H and O–H groups in total. The second-order valence-electron chi connectivity index (χ2n) is 5.18. The summed E-state index contributed by atoms with van der Waals surface area (Å²) < 4.78 is 0. The van der Waals surface area contributed by atoms with Crippen molar-refractivity contribution in [1.29, 1.82) is 5.26 Å². The zero-order valence-electron chi connectivity index (χ0n) is 10.1. The fourth-order valence-electron chi connectivity index (χ4n) is 2.41. The van der Waals surface area contributed by atoms with Crippen LogP contribution < -0.4 is 5.32 Å². The van der Waals surface area contributed by atoms with Gasteiger partial charge >= 0.3 is 0 Å². The third-order valence-corrected chi connectivity index (χ3v) is 3.36. The molecule has 1 heterocycles. The lowest BCUT2D eigenvalue weighted by Crippen LogP contribution is -2.24. The first kappa shape index (κ1) is 10.9. The Morgan fingerprint density at radius 1 is 1.44 bits per heavy atom. The van der Waals surface area contributed by atoms with E-state index in [0.717, 1.165) is 30.6 Å². The van der Waals surface area contributed by atoms with Crippen LogP contribution in [0.5, 0.6) is 0 Å². The predicted octanol–water partition coefficient (Wildman–Crippen LogP) is 2.51. The van der Waals surface area contributed by atoms with E-state index in [1.54, 1.807) is 6.20 Å². The van der Waals surface area contributed by atoms with Gasteiger partial charge in [0, 0.05) is 13.2 Å². The summed E-state index contributed by atoms with van der Waals surface area (Å²) in [6.45, 7) is 4.54. The third-order valence-electron chi connectivity index (χ3n) is 3.36. The molecule has 0 saturated heterocycles. The predicted molar refractivity (Wildman–Crippen MR) is 64.3 cm³/mol. The van der Waals surface area contributed by atoms with E-state index in [-0.39, 0.29) is 0 Å². The second kappa shape index (κ2) is 3.79. The summed E-state index contributed by atoms with van der Waals surface area (Å²) in [4.78, 5) is 4.31. The van der Waals surface area contributed by atoms with E-state index >= 15 is 0 Å². The summed E-state index contributed by atoms with van der Waals surface area (Å²) in [6.07, 6.45) is 4.81. The molecule has 1 aliphatic rings. The molecule has 0 atom stereocenters. The minimum absolute atomic E-state index is 0.314. The average Bonchev–Trinajstić information content (AvgIpc) is 2.26.